The molecule has 5 heteroatoms. The summed E-state index contributed by atoms with van der Waals surface area (Å²) in [5, 5.41) is 8.63. The first-order valence-electron chi connectivity index (χ1n) is 5.41. The van der Waals surface area contributed by atoms with Crippen LogP contribution in [0.25, 0.3) is 0 Å². The molecule has 0 aromatic heterocycles. The van der Waals surface area contributed by atoms with Crippen molar-refractivity contribution in [2.75, 3.05) is 13.6 Å². The van der Waals surface area contributed by atoms with E-state index in [-0.39, 0.29) is 5.82 Å². The highest BCUT2D eigenvalue weighted by atomic mass is 19.1. The molecular formula is C12H17FN2O2. The molecule has 1 unspecified atom stereocenters. The highest BCUT2D eigenvalue weighted by Crippen LogP contribution is 2.09. The second-order valence-electron chi connectivity index (χ2n) is 4.06. The number of halogens is 1. The summed E-state index contributed by atoms with van der Waals surface area (Å²) in [6, 6.07) is 5.67. The average molecular weight is 240 g/mol. The molecule has 0 fully saturated rings. The van der Waals surface area contributed by atoms with Gasteiger partial charge < -0.3 is 15.7 Å². The minimum absolute atomic E-state index is 0.248. The number of carboxylic acids is 1. The topological polar surface area (TPSA) is 66.6 Å². The molecule has 1 rings (SSSR count). The lowest BCUT2D eigenvalue weighted by molar-refractivity contribution is -0.138. The van der Waals surface area contributed by atoms with Gasteiger partial charge in [-0.15, -0.1) is 0 Å². The van der Waals surface area contributed by atoms with Crippen molar-refractivity contribution in [2.24, 2.45) is 5.73 Å². The normalized spacial score (nSPS) is 12.7. The van der Waals surface area contributed by atoms with Gasteiger partial charge in [0.05, 0.1) is 0 Å². The van der Waals surface area contributed by atoms with Crippen molar-refractivity contribution >= 4 is 5.97 Å². The molecule has 4 nitrogen and oxygen atoms in total. The Balaban J connectivity index is 2.42. The number of benzene rings is 1. The van der Waals surface area contributed by atoms with Crippen LogP contribution in [-0.4, -0.2) is 35.6 Å². The number of nitrogens with two attached hydrogens (primary N) is 1. The summed E-state index contributed by atoms with van der Waals surface area (Å²) in [6.45, 7) is 0.959. The van der Waals surface area contributed by atoms with Gasteiger partial charge in [-0.25, -0.2) is 4.39 Å². The lowest BCUT2D eigenvalue weighted by atomic mass is 10.2. The second kappa shape index (κ2) is 6.32. The first-order valence-corrected chi connectivity index (χ1v) is 5.41. The monoisotopic (exact) mass is 240 g/mol. The molecule has 0 saturated heterocycles. The van der Waals surface area contributed by atoms with Crippen molar-refractivity contribution < 1.29 is 14.3 Å². The zero-order valence-electron chi connectivity index (χ0n) is 9.77. The van der Waals surface area contributed by atoms with Crippen molar-refractivity contribution in [2.45, 2.75) is 19.0 Å². The zero-order valence-corrected chi connectivity index (χ0v) is 9.77. The van der Waals surface area contributed by atoms with E-state index >= 15 is 0 Å². The largest absolute Gasteiger partial charge is 0.480 e. The Hall–Kier alpha value is -1.46. The molecule has 0 aliphatic carbocycles. The second-order valence-corrected chi connectivity index (χ2v) is 4.06. The number of rotatable bonds is 6. The van der Waals surface area contributed by atoms with Crippen molar-refractivity contribution in [3.05, 3.63) is 35.6 Å². The molecule has 1 aromatic carbocycles. The van der Waals surface area contributed by atoms with E-state index in [1.165, 1.54) is 6.07 Å². The number of hydrogen-bond donors (Lipinski definition) is 2. The zero-order chi connectivity index (χ0) is 12.8. The molecule has 0 aliphatic heterocycles. The van der Waals surface area contributed by atoms with Crippen LogP contribution in [0.1, 0.15) is 12.0 Å². The number of nitrogens with zero attached hydrogens (tertiary/aromatic N) is 1. The SMILES string of the molecule is CN(CCC(N)C(=O)O)Cc1ccccc1F. The average Bonchev–Trinajstić information content (AvgIpc) is 2.29. The van der Waals surface area contributed by atoms with E-state index in [1.807, 2.05) is 4.90 Å². The summed E-state index contributed by atoms with van der Waals surface area (Å²) in [7, 11) is 1.81. The molecule has 17 heavy (non-hydrogen) atoms. The maximum absolute atomic E-state index is 13.3. The van der Waals surface area contributed by atoms with Crippen LogP contribution < -0.4 is 5.73 Å². The van der Waals surface area contributed by atoms with Crippen LogP contribution in [0.5, 0.6) is 0 Å². The van der Waals surface area contributed by atoms with Crippen LogP contribution in [0, 0.1) is 5.82 Å². The lowest BCUT2D eigenvalue weighted by Gasteiger charge is -2.18. The Bertz CT molecular complexity index is 385. The maximum atomic E-state index is 13.3. The summed E-state index contributed by atoms with van der Waals surface area (Å²) in [6.07, 6.45) is 0.348. The van der Waals surface area contributed by atoms with Gasteiger partial charge in [-0.2, -0.15) is 0 Å². The first kappa shape index (κ1) is 13.6. The number of aliphatic carboxylic acids is 1. The van der Waals surface area contributed by atoms with Gasteiger partial charge in [0.2, 0.25) is 0 Å². The first-order chi connectivity index (χ1) is 8.00. The maximum Gasteiger partial charge on any atom is 0.320 e. The number of hydrogen-bond acceptors (Lipinski definition) is 3. The summed E-state index contributed by atoms with van der Waals surface area (Å²) in [4.78, 5) is 12.4. The fraction of sp³-hybridized carbons (Fsp3) is 0.417. The molecule has 0 amide bonds. The van der Waals surface area contributed by atoms with E-state index in [9.17, 15) is 9.18 Å². The predicted octanol–water partition coefficient (Wildman–Crippen LogP) is 1.06. The van der Waals surface area contributed by atoms with Gasteiger partial charge in [0.15, 0.2) is 0 Å². The minimum Gasteiger partial charge on any atom is -0.480 e. The lowest BCUT2D eigenvalue weighted by Crippen LogP contribution is -2.34. The highest BCUT2D eigenvalue weighted by molar-refractivity contribution is 5.72. The summed E-state index contributed by atoms with van der Waals surface area (Å²) in [5.74, 6) is -1.26. The fourth-order valence-corrected chi connectivity index (χ4v) is 1.48. The van der Waals surface area contributed by atoms with Gasteiger partial charge in [0.1, 0.15) is 11.9 Å². The third kappa shape index (κ3) is 4.50. The van der Waals surface area contributed by atoms with Crippen molar-refractivity contribution in [3.63, 3.8) is 0 Å². The van der Waals surface area contributed by atoms with Gasteiger partial charge in [-0.1, -0.05) is 18.2 Å². The van der Waals surface area contributed by atoms with E-state index in [0.29, 0.717) is 25.1 Å². The van der Waals surface area contributed by atoms with Crippen LogP contribution in [0.4, 0.5) is 4.39 Å². The van der Waals surface area contributed by atoms with Crippen LogP contribution in [0.2, 0.25) is 0 Å². The minimum atomic E-state index is -1.01. The number of carbonyl (C=O) groups is 1. The molecule has 94 valence electrons. The molecule has 3 N–H and O–H groups in total. The van der Waals surface area contributed by atoms with E-state index in [4.69, 9.17) is 10.8 Å². The van der Waals surface area contributed by atoms with Crippen molar-refractivity contribution in [1.82, 2.24) is 4.90 Å². The van der Waals surface area contributed by atoms with Gasteiger partial charge >= 0.3 is 5.97 Å². The Morgan fingerprint density at radius 2 is 2.18 bits per heavy atom. The molecular weight excluding hydrogens is 223 g/mol. The third-order valence-corrected chi connectivity index (χ3v) is 2.54. The Labute approximate surface area is 99.8 Å². The summed E-state index contributed by atoms with van der Waals surface area (Å²) >= 11 is 0. The quantitative estimate of drug-likeness (QED) is 0.780. The van der Waals surface area contributed by atoms with Crippen LogP contribution in [0.15, 0.2) is 24.3 Å². The molecule has 0 spiro atoms. The van der Waals surface area contributed by atoms with Gasteiger partial charge in [-0.3, -0.25) is 4.79 Å². The van der Waals surface area contributed by atoms with Gasteiger partial charge in [0, 0.05) is 18.7 Å². The van der Waals surface area contributed by atoms with E-state index < -0.39 is 12.0 Å². The van der Waals surface area contributed by atoms with E-state index in [0.717, 1.165) is 0 Å². The van der Waals surface area contributed by atoms with Crippen LogP contribution in [-0.2, 0) is 11.3 Å². The fourth-order valence-electron chi connectivity index (χ4n) is 1.48. The van der Waals surface area contributed by atoms with E-state index in [2.05, 4.69) is 0 Å². The third-order valence-electron chi connectivity index (χ3n) is 2.54. The molecule has 0 saturated carbocycles. The molecule has 0 heterocycles. The smallest absolute Gasteiger partial charge is 0.320 e. The Morgan fingerprint density at radius 3 is 2.76 bits per heavy atom. The van der Waals surface area contributed by atoms with Gasteiger partial charge in [-0.05, 0) is 19.5 Å². The van der Waals surface area contributed by atoms with Crippen LogP contribution >= 0.6 is 0 Å². The molecule has 0 aliphatic rings. The highest BCUT2D eigenvalue weighted by Gasteiger charge is 2.12. The molecule has 1 aromatic rings. The Morgan fingerprint density at radius 1 is 1.53 bits per heavy atom. The summed E-state index contributed by atoms with van der Waals surface area (Å²) in [5.41, 5.74) is 5.98. The van der Waals surface area contributed by atoms with Crippen molar-refractivity contribution in [1.29, 1.82) is 0 Å². The predicted molar refractivity (Wildman–Crippen MR) is 63.0 cm³/mol. The number of carboxylic acid groups (broad SMARTS) is 1. The molecule has 1 atom stereocenters. The summed E-state index contributed by atoms with van der Waals surface area (Å²) < 4.78 is 13.3. The van der Waals surface area contributed by atoms with Gasteiger partial charge in [0.25, 0.3) is 0 Å². The molecule has 0 bridgehead atoms. The van der Waals surface area contributed by atoms with Crippen molar-refractivity contribution in [3.8, 4) is 0 Å². The standard InChI is InChI=1S/C12H17FN2O2/c1-15(7-6-11(14)12(16)17)8-9-4-2-3-5-10(9)13/h2-5,11H,6-8,14H2,1H3,(H,16,17). The molecule has 0 radical (unpaired) electrons. The van der Waals surface area contributed by atoms with E-state index in [1.54, 1.807) is 25.2 Å². The Kier molecular flexibility index (Phi) is 5.06. The van der Waals surface area contributed by atoms with Crippen LogP contribution in [0.3, 0.4) is 0 Å².